The van der Waals surface area contributed by atoms with Crippen molar-refractivity contribution in [2.45, 2.75) is 176 Å². The van der Waals surface area contributed by atoms with Crippen LogP contribution in [0, 0.1) is 23.7 Å². The summed E-state index contributed by atoms with van der Waals surface area (Å²) in [6.07, 6.45) is 20.7. The summed E-state index contributed by atoms with van der Waals surface area (Å²) in [6.45, 7) is 17.6. The van der Waals surface area contributed by atoms with Gasteiger partial charge in [-0.1, -0.05) is 98.8 Å². The van der Waals surface area contributed by atoms with Crippen molar-refractivity contribution in [1.82, 2.24) is 0 Å². The average Bonchev–Trinajstić information content (AvgIpc) is 2.90. The van der Waals surface area contributed by atoms with Crippen LogP contribution in [0.3, 0.4) is 0 Å². The fourth-order valence-corrected chi connectivity index (χ4v) is 6.06. The van der Waals surface area contributed by atoms with Crippen LogP contribution in [0.25, 0.3) is 0 Å². The lowest BCUT2D eigenvalue weighted by Crippen LogP contribution is -2.24. The van der Waals surface area contributed by atoms with Gasteiger partial charge in [0, 0.05) is 11.8 Å². The highest BCUT2D eigenvalue weighted by Crippen LogP contribution is 2.34. The Bertz CT molecular complexity index is 780. The summed E-state index contributed by atoms with van der Waals surface area (Å²) in [5.41, 5.74) is 1.79. The number of carbonyl (C=O) groups excluding carboxylic acids is 1. The van der Waals surface area contributed by atoms with Gasteiger partial charge in [0.15, 0.2) is 0 Å². The molecule has 0 saturated heterocycles. The van der Waals surface area contributed by atoms with Gasteiger partial charge in [-0.05, 0) is 94.8 Å². The highest BCUT2D eigenvalue weighted by atomic mass is 16.5. The minimum atomic E-state index is -0.617. The predicted octanol–water partition coefficient (Wildman–Crippen LogP) is 10.1. The molecule has 0 aromatic rings. The van der Waals surface area contributed by atoms with Crippen LogP contribution in [0.4, 0.5) is 0 Å². The molecular formula is C37H68O4. The molecular weight excluding hydrogens is 508 g/mol. The van der Waals surface area contributed by atoms with Crippen molar-refractivity contribution in [3.05, 3.63) is 23.0 Å². The Balaban J connectivity index is 2.34. The van der Waals surface area contributed by atoms with Crippen molar-refractivity contribution >= 4 is 5.78 Å². The first kappa shape index (κ1) is 37.9. The molecule has 0 bridgehead atoms. The van der Waals surface area contributed by atoms with Crippen LogP contribution in [0.1, 0.15) is 165 Å². The van der Waals surface area contributed by atoms with Crippen molar-refractivity contribution in [3.63, 3.8) is 0 Å². The molecule has 4 heteroatoms. The summed E-state index contributed by atoms with van der Waals surface area (Å²) in [5.74, 6) is 2.86. The van der Waals surface area contributed by atoms with Gasteiger partial charge < -0.3 is 14.9 Å². The zero-order valence-corrected chi connectivity index (χ0v) is 28.4. The number of Topliss-reactive ketones (excluding diaryl/α,β-unsaturated/α-hetero) is 1. The van der Waals surface area contributed by atoms with Gasteiger partial charge in [-0.2, -0.15) is 0 Å². The monoisotopic (exact) mass is 577 g/mol. The highest BCUT2D eigenvalue weighted by molar-refractivity contribution is 5.77. The number of unbranched alkanes of at least 4 members (excludes halogenated alkanes) is 5. The Kier molecular flexibility index (Phi) is 19.2. The largest absolute Gasteiger partial charge is 0.493 e. The van der Waals surface area contributed by atoms with Crippen LogP contribution < -0.4 is 0 Å². The van der Waals surface area contributed by atoms with Crippen LogP contribution in [0.5, 0.6) is 0 Å². The molecule has 6 atom stereocenters. The van der Waals surface area contributed by atoms with Gasteiger partial charge in [0.05, 0.1) is 18.3 Å². The number of aliphatic hydroxyl groups excluding tert-OH is 1. The summed E-state index contributed by atoms with van der Waals surface area (Å²) >= 11 is 0. The minimum absolute atomic E-state index is 0.105. The standard InChI is InChI=1S/C37H68O4/c1-9-10-11-12-13-14-26-41-36-32(6)31(5)35(39)27-34(36)23-22-29(3)19-15-18-28(2)20-16-24-37(8,40)25-17-21-30(4)33(7)38/h27-31,35,39-40H,9-26H2,1-8H3. The number of hydrogen-bond acceptors (Lipinski definition) is 4. The number of ketones is 1. The van der Waals surface area contributed by atoms with Gasteiger partial charge in [-0.15, -0.1) is 0 Å². The molecule has 240 valence electrons. The van der Waals surface area contributed by atoms with Gasteiger partial charge in [-0.25, -0.2) is 0 Å². The van der Waals surface area contributed by atoms with Crippen LogP contribution in [-0.2, 0) is 9.53 Å². The summed E-state index contributed by atoms with van der Waals surface area (Å²) in [6, 6.07) is 0. The molecule has 6 unspecified atom stereocenters. The third kappa shape index (κ3) is 16.3. The summed E-state index contributed by atoms with van der Waals surface area (Å²) in [5, 5.41) is 21.4. The van der Waals surface area contributed by atoms with Crippen molar-refractivity contribution in [2.75, 3.05) is 6.61 Å². The number of ether oxygens (including phenoxy) is 1. The number of hydrogen-bond donors (Lipinski definition) is 2. The van der Waals surface area contributed by atoms with Gasteiger partial charge in [0.1, 0.15) is 11.5 Å². The smallest absolute Gasteiger partial charge is 0.132 e. The van der Waals surface area contributed by atoms with Crippen LogP contribution >= 0.6 is 0 Å². The highest BCUT2D eigenvalue weighted by Gasteiger charge is 2.26. The maximum absolute atomic E-state index is 11.4. The van der Waals surface area contributed by atoms with E-state index in [-0.39, 0.29) is 17.6 Å². The van der Waals surface area contributed by atoms with E-state index in [0.29, 0.717) is 11.8 Å². The van der Waals surface area contributed by atoms with E-state index in [0.717, 1.165) is 63.7 Å². The summed E-state index contributed by atoms with van der Waals surface area (Å²) in [4.78, 5) is 11.4. The molecule has 1 rings (SSSR count). The molecule has 1 aliphatic carbocycles. The third-order valence-corrected chi connectivity index (χ3v) is 9.72. The zero-order chi connectivity index (χ0) is 30.8. The molecule has 0 fully saturated rings. The normalized spacial score (nSPS) is 21.3. The van der Waals surface area contributed by atoms with E-state index in [9.17, 15) is 15.0 Å². The molecule has 41 heavy (non-hydrogen) atoms. The molecule has 0 aromatic carbocycles. The first-order chi connectivity index (χ1) is 19.4. The Hall–Kier alpha value is -1.13. The van der Waals surface area contributed by atoms with Crippen molar-refractivity contribution < 1.29 is 19.7 Å². The van der Waals surface area contributed by atoms with E-state index in [1.54, 1.807) is 6.92 Å². The Morgan fingerprint density at radius 1 is 0.902 bits per heavy atom. The molecule has 0 heterocycles. The van der Waals surface area contributed by atoms with E-state index < -0.39 is 11.7 Å². The van der Waals surface area contributed by atoms with Crippen molar-refractivity contribution in [3.8, 4) is 0 Å². The van der Waals surface area contributed by atoms with E-state index in [1.165, 1.54) is 68.9 Å². The second kappa shape index (κ2) is 20.7. The third-order valence-electron chi connectivity index (χ3n) is 9.72. The number of rotatable bonds is 24. The molecule has 1 aliphatic rings. The fourth-order valence-electron chi connectivity index (χ4n) is 6.06. The number of aliphatic hydroxyl groups is 2. The molecule has 0 aromatic heterocycles. The van der Waals surface area contributed by atoms with E-state index >= 15 is 0 Å². The summed E-state index contributed by atoms with van der Waals surface area (Å²) in [7, 11) is 0. The van der Waals surface area contributed by atoms with E-state index in [4.69, 9.17) is 4.74 Å². The Labute approximate surface area is 254 Å². The second-order valence-corrected chi connectivity index (χ2v) is 14.1. The van der Waals surface area contributed by atoms with Crippen molar-refractivity contribution in [1.29, 1.82) is 0 Å². The maximum atomic E-state index is 11.4. The van der Waals surface area contributed by atoms with Gasteiger partial charge >= 0.3 is 0 Å². The van der Waals surface area contributed by atoms with Crippen LogP contribution in [0.15, 0.2) is 23.0 Å². The molecule has 4 nitrogen and oxygen atoms in total. The Morgan fingerprint density at radius 2 is 1.46 bits per heavy atom. The Morgan fingerprint density at radius 3 is 2.10 bits per heavy atom. The van der Waals surface area contributed by atoms with Crippen LogP contribution in [0.2, 0.25) is 0 Å². The maximum Gasteiger partial charge on any atom is 0.132 e. The van der Waals surface area contributed by atoms with Gasteiger partial charge in [0.2, 0.25) is 0 Å². The van der Waals surface area contributed by atoms with Gasteiger partial charge in [-0.3, -0.25) is 4.79 Å². The second-order valence-electron chi connectivity index (χ2n) is 14.1. The molecule has 2 N–H and O–H groups in total. The SMILES string of the molecule is CCCCCCCCOC1=C(C)C(C)C(O)C=C1CCC(C)CCCC(C)CCCC(C)(O)CCCC(C)C(C)=O. The average molecular weight is 577 g/mol. The molecule has 0 spiro atoms. The van der Waals surface area contributed by atoms with Gasteiger partial charge in [0.25, 0.3) is 0 Å². The van der Waals surface area contributed by atoms with Crippen LogP contribution in [-0.4, -0.2) is 34.3 Å². The molecule has 0 aliphatic heterocycles. The number of allylic oxidation sites excluding steroid dienone is 1. The zero-order valence-electron chi connectivity index (χ0n) is 28.4. The molecule has 0 radical (unpaired) electrons. The number of carbonyl (C=O) groups is 1. The van der Waals surface area contributed by atoms with E-state index in [2.05, 4.69) is 40.7 Å². The van der Waals surface area contributed by atoms with E-state index in [1.807, 2.05) is 13.8 Å². The van der Waals surface area contributed by atoms with Crippen molar-refractivity contribution in [2.24, 2.45) is 23.7 Å². The molecule has 0 saturated carbocycles. The first-order valence-electron chi connectivity index (χ1n) is 17.3. The minimum Gasteiger partial charge on any atom is -0.493 e. The fraction of sp³-hybridized carbons (Fsp3) is 0.865. The topological polar surface area (TPSA) is 66.8 Å². The lowest BCUT2D eigenvalue weighted by Gasteiger charge is -2.29. The predicted molar refractivity (Wildman–Crippen MR) is 175 cm³/mol. The quantitative estimate of drug-likeness (QED) is 0.112. The first-order valence-corrected chi connectivity index (χ1v) is 17.3. The lowest BCUT2D eigenvalue weighted by atomic mass is 9.84. The molecule has 0 amide bonds. The lowest BCUT2D eigenvalue weighted by molar-refractivity contribution is -0.120. The summed E-state index contributed by atoms with van der Waals surface area (Å²) < 4.78 is 6.35.